The van der Waals surface area contributed by atoms with E-state index in [4.69, 9.17) is 5.73 Å². The van der Waals surface area contributed by atoms with Crippen molar-refractivity contribution in [1.29, 1.82) is 0 Å². The number of hydrogen-bond donors (Lipinski definition) is 2. The molecule has 0 saturated heterocycles. The largest absolute Gasteiger partial charge is 0.397 e. The zero-order chi connectivity index (χ0) is 14.0. The summed E-state index contributed by atoms with van der Waals surface area (Å²) in [7, 11) is 0. The first-order valence-electron chi connectivity index (χ1n) is 6.03. The van der Waals surface area contributed by atoms with E-state index < -0.39 is 0 Å². The molecule has 0 unspecified atom stereocenters. The fraction of sp³-hybridized carbons (Fsp3) is 0.214. The Labute approximate surface area is 120 Å². The van der Waals surface area contributed by atoms with Crippen molar-refractivity contribution < 1.29 is 4.79 Å². The molecular weight excluding hydrogens is 306 g/mol. The number of nitrogen functional groups attached to an aromatic ring is 1. The van der Waals surface area contributed by atoms with Crippen LogP contribution in [0, 0.1) is 6.92 Å². The number of benzene rings is 1. The first-order valence-corrected chi connectivity index (χ1v) is 6.83. The quantitative estimate of drug-likeness (QED) is 0.910. The lowest BCUT2D eigenvalue weighted by Gasteiger charge is -2.09. The summed E-state index contributed by atoms with van der Waals surface area (Å²) in [6.07, 6.45) is 1.76. The minimum absolute atomic E-state index is 0.156. The Kier molecular flexibility index (Phi) is 3.95. The van der Waals surface area contributed by atoms with E-state index in [0.717, 1.165) is 15.7 Å². The second-order valence-corrected chi connectivity index (χ2v) is 5.33. The van der Waals surface area contributed by atoms with E-state index in [1.165, 1.54) is 0 Å². The van der Waals surface area contributed by atoms with Gasteiger partial charge < -0.3 is 15.6 Å². The van der Waals surface area contributed by atoms with Crippen molar-refractivity contribution in [3.05, 3.63) is 46.2 Å². The highest BCUT2D eigenvalue weighted by atomic mass is 79.9. The van der Waals surface area contributed by atoms with E-state index in [9.17, 15) is 4.79 Å². The molecule has 0 aliphatic carbocycles. The van der Waals surface area contributed by atoms with Gasteiger partial charge in [-0.1, -0.05) is 15.9 Å². The average Bonchev–Trinajstić information content (AvgIpc) is 2.69. The highest BCUT2D eigenvalue weighted by Crippen LogP contribution is 2.20. The minimum atomic E-state index is -0.156. The summed E-state index contributed by atoms with van der Waals surface area (Å²) >= 11 is 3.41. The van der Waals surface area contributed by atoms with Crippen molar-refractivity contribution in [2.45, 2.75) is 20.4 Å². The van der Waals surface area contributed by atoms with Gasteiger partial charge in [0.05, 0.1) is 5.69 Å². The van der Waals surface area contributed by atoms with Gasteiger partial charge in [0.2, 0.25) is 0 Å². The molecule has 0 saturated carbocycles. The highest BCUT2D eigenvalue weighted by molar-refractivity contribution is 9.10. The summed E-state index contributed by atoms with van der Waals surface area (Å²) in [5, 5.41) is 2.88. The van der Waals surface area contributed by atoms with Gasteiger partial charge in [0.25, 0.3) is 5.91 Å². The third kappa shape index (κ3) is 3.17. The van der Waals surface area contributed by atoms with Crippen LogP contribution in [0.4, 0.5) is 11.4 Å². The van der Waals surface area contributed by atoms with Gasteiger partial charge in [-0.2, -0.15) is 0 Å². The van der Waals surface area contributed by atoms with E-state index in [-0.39, 0.29) is 5.91 Å². The lowest BCUT2D eigenvalue weighted by Crippen LogP contribution is -2.16. The van der Waals surface area contributed by atoms with Crippen molar-refractivity contribution in [2.75, 3.05) is 11.1 Å². The second kappa shape index (κ2) is 5.48. The van der Waals surface area contributed by atoms with Crippen molar-refractivity contribution in [3.63, 3.8) is 0 Å². The van der Waals surface area contributed by atoms with Crippen LogP contribution < -0.4 is 11.1 Å². The number of amides is 1. The maximum atomic E-state index is 12.2. The molecule has 4 nitrogen and oxygen atoms in total. The van der Waals surface area contributed by atoms with E-state index in [1.54, 1.807) is 12.3 Å². The van der Waals surface area contributed by atoms with Gasteiger partial charge in [-0.25, -0.2) is 0 Å². The molecule has 1 aromatic heterocycles. The summed E-state index contributed by atoms with van der Waals surface area (Å²) in [6, 6.07) is 7.46. The molecule has 0 atom stereocenters. The molecular formula is C14H16BrN3O. The fourth-order valence-corrected chi connectivity index (χ4v) is 2.60. The number of anilines is 2. The molecule has 2 aromatic rings. The first-order chi connectivity index (χ1) is 8.99. The molecule has 0 aliphatic heterocycles. The number of carbonyl (C=O) groups excluding carboxylic acids is 1. The third-order valence-corrected chi connectivity index (χ3v) is 3.25. The zero-order valence-corrected chi connectivity index (χ0v) is 12.5. The van der Waals surface area contributed by atoms with Crippen LogP contribution in [0.5, 0.6) is 0 Å². The Morgan fingerprint density at radius 1 is 1.37 bits per heavy atom. The lowest BCUT2D eigenvalue weighted by atomic mass is 10.2. The molecule has 0 fully saturated rings. The Morgan fingerprint density at radius 3 is 2.74 bits per heavy atom. The highest BCUT2D eigenvalue weighted by Gasteiger charge is 2.12. The number of rotatable bonds is 3. The molecule has 1 amide bonds. The predicted octanol–water partition coefficient (Wildman–Crippen LogP) is 3.41. The van der Waals surface area contributed by atoms with Gasteiger partial charge in [0.1, 0.15) is 5.69 Å². The minimum Gasteiger partial charge on any atom is -0.397 e. The SMILES string of the molecule is CCn1cc(N)cc1C(=O)Nc1cc(C)cc(Br)c1. The van der Waals surface area contributed by atoms with Gasteiger partial charge in [0.15, 0.2) is 0 Å². The standard InChI is InChI=1S/C14H16BrN3O/c1-3-18-8-11(16)7-13(18)14(19)17-12-5-9(2)4-10(15)6-12/h4-8H,3,16H2,1-2H3,(H,17,19). The molecule has 0 bridgehead atoms. The van der Waals surface area contributed by atoms with Crippen molar-refractivity contribution >= 4 is 33.2 Å². The van der Waals surface area contributed by atoms with Crippen LogP contribution >= 0.6 is 15.9 Å². The van der Waals surface area contributed by atoms with Crippen LogP contribution in [0.1, 0.15) is 23.0 Å². The molecule has 0 aliphatic rings. The van der Waals surface area contributed by atoms with Crippen LogP contribution in [0.15, 0.2) is 34.9 Å². The molecule has 19 heavy (non-hydrogen) atoms. The number of nitrogens with zero attached hydrogens (tertiary/aromatic N) is 1. The molecule has 1 aromatic carbocycles. The fourth-order valence-electron chi connectivity index (χ4n) is 1.99. The number of hydrogen-bond acceptors (Lipinski definition) is 2. The van der Waals surface area contributed by atoms with Gasteiger partial charge in [-0.15, -0.1) is 0 Å². The third-order valence-electron chi connectivity index (χ3n) is 2.79. The number of nitrogens with one attached hydrogen (secondary N) is 1. The van der Waals surface area contributed by atoms with Crippen LogP contribution in [0.25, 0.3) is 0 Å². The van der Waals surface area contributed by atoms with Gasteiger partial charge in [-0.05, 0) is 43.7 Å². The van der Waals surface area contributed by atoms with Crippen molar-refractivity contribution in [1.82, 2.24) is 4.57 Å². The van der Waals surface area contributed by atoms with E-state index in [2.05, 4.69) is 21.2 Å². The first kappa shape index (κ1) is 13.7. The number of aromatic nitrogens is 1. The molecule has 2 rings (SSSR count). The monoisotopic (exact) mass is 321 g/mol. The van der Waals surface area contributed by atoms with Crippen molar-refractivity contribution in [3.8, 4) is 0 Å². The summed E-state index contributed by atoms with van der Waals surface area (Å²) in [6.45, 7) is 4.66. The maximum Gasteiger partial charge on any atom is 0.272 e. The van der Waals surface area contributed by atoms with E-state index >= 15 is 0 Å². The van der Waals surface area contributed by atoms with Gasteiger partial charge in [-0.3, -0.25) is 4.79 Å². The molecule has 1 heterocycles. The average molecular weight is 322 g/mol. The number of nitrogens with two attached hydrogens (primary N) is 1. The van der Waals surface area contributed by atoms with Crippen LogP contribution in [-0.4, -0.2) is 10.5 Å². The van der Waals surface area contributed by atoms with Crippen LogP contribution in [0.2, 0.25) is 0 Å². The topological polar surface area (TPSA) is 60.0 Å². The maximum absolute atomic E-state index is 12.2. The molecule has 3 N–H and O–H groups in total. The Hall–Kier alpha value is -1.75. The van der Waals surface area contributed by atoms with Crippen molar-refractivity contribution in [2.24, 2.45) is 0 Å². The Balaban J connectivity index is 2.25. The zero-order valence-electron chi connectivity index (χ0n) is 10.9. The van der Waals surface area contributed by atoms with E-state index in [1.807, 2.05) is 36.6 Å². The summed E-state index contributed by atoms with van der Waals surface area (Å²) in [5.74, 6) is -0.156. The van der Waals surface area contributed by atoms with Gasteiger partial charge >= 0.3 is 0 Å². The van der Waals surface area contributed by atoms with Crippen LogP contribution in [0.3, 0.4) is 0 Å². The Bertz CT molecular complexity index is 599. The normalized spacial score (nSPS) is 10.5. The smallest absolute Gasteiger partial charge is 0.272 e. The summed E-state index contributed by atoms with van der Waals surface area (Å²) in [5.41, 5.74) is 8.73. The van der Waals surface area contributed by atoms with Crippen LogP contribution in [-0.2, 0) is 6.54 Å². The molecule has 100 valence electrons. The molecule has 0 spiro atoms. The number of carbonyl (C=O) groups is 1. The molecule has 0 radical (unpaired) electrons. The number of halogens is 1. The molecule has 5 heteroatoms. The summed E-state index contributed by atoms with van der Waals surface area (Å²) < 4.78 is 2.77. The second-order valence-electron chi connectivity index (χ2n) is 4.42. The predicted molar refractivity (Wildman–Crippen MR) is 81.4 cm³/mol. The van der Waals surface area contributed by atoms with Gasteiger partial charge in [0, 0.05) is 22.9 Å². The Morgan fingerprint density at radius 2 is 2.11 bits per heavy atom. The van der Waals surface area contributed by atoms with E-state index in [0.29, 0.717) is 17.9 Å². The summed E-state index contributed by atoms with van der Waals surface area (Å²) in [4.78, 5) is 12.2. The lowest BCUT2D eigenvalue weighted by molar-refractivity contribution is 0.101. The number of aryl methyl sites for hydroxylation is 2.